The van der Waals surface area contributed by atoms with Crippen molar-refractivity contribution in [1.82, 2.24) is 34.8 Å². The number of carbonyl (C=O) groups excluding carboxylic acids is 1. The fourth-order valence-corrected chi connectivity index (χ4v) is 7.64. The van der Waals surface area contributed by atoms with Crippen LogP contribution in [-0.4, -0.2) is 114 Å². The quantitative estimate of drug-likeness (QED) is 0.0874. The van der Waals surface area contributed by atoms with Crippen molar-refractivity contribution in [1.29, 1.82) is 0 Å². The molecular weight excluding hydrogens is 676 g/mol. The van der Waals surface area contributed by atoms with Gasteiger partial charge in [-0.25, -0.2) is 18.3 Å². The summed E-state index contributed by atoms with van der Waals surface area (Å²) in [7, 11) is 1.89. The van der Waals surface area contributed by atoms with Crippen LogP contribution < -0.4 is 15.5 Å². The number of anilines is 2. The fourth-order valence-electron chi connectivity index (χ4n) is 7.64. The lowest BCUT2D eigenvalue weighted by Crippen LogP contribution is -2.43. The van der Waals surface area contributed by atoms with E-state index in [2.05, 4.69) is 43.7 Å². The summed E-state index contributed by atoms with van der Waals surface area (Å²) in [6.07, 6.45) is 10.9. The third-order valence-corrected chi connectivity index (χ3v) is 10.7. The molecule has 0 radical (unpaired) electrons. The number of nitrogens with one attached hydrogen (secondary N) is 2. The average molecular weight is 728 g/mol. The van der Waals surface area contributed by atoms with E-state index in [1.165, 1.54) is 23.3 Å². The minimum absolute atomic E-state index is 0.00502. The van der Waals surface area contributed by atoms with Gasteiger partial charge in [-0.3, -0.25) is 14.3 Å². The molecule has 16 heteroatoms. The largest absolute Gasteiger partial charge is 0.377 e. The Labute approximate surface area is 302 Å². The number of nitrogens with zero attached hydrogens (tertiary/aromatic N) is 7. The van der Waals surface area contributed by atoms with Gasteiger partial charge in [-0.1, -0.05) is 11.6 Å². The van der Waals surface area contributed by atoms with Crippen molar-refractivity contribution in [2.75, 3.05) is 83.2 Å². The van der Waals surface area contributed by atoms with Crippen molar-refractivity contribution in [2.45, 2.75) is 69.9 Å². The number of ether oxygens (including phenoxy) is 3. The van der Waals surface area contributed by atoms with E-state index in [0.29, 0.717) is 38.0 Å². The van der Waals surface area contributed by atoms with Gasteiger partial charge in [-0.05, 0) is 69.8 Å². The molecule has 2 saturated carbocycles. The Hall–Kier alpha value is -3.54. The van der Waals surface area contributed by atoms with Crippen LogP contribution in [0, 0.1) is 11.8 Å². The number of allylic oxidation sites excluding steroid dienone is 1. The summed E-state index contributed by atoms with van der Waals surface area (Å²) in [4.78, 5) is 25.9. The van der Waals surface area contributed by atoms with Gasteiger partial charge in [-0.15, -0.1) is 0 Å². The second kappa shape index (κ2) is 16.6. The minimum atomic E-state index is -2.85. The van der Waals surface area contributed by atoms with Crippen molar-refractivity contribution in [3.05, 3.63) is 47.6 Å². The molecule has 14 nitrogen and oxygen atoms in total. The number of hydroxylamine groups is 2. The van der Waals surface area contributed by atoms with Gasteiger partial charge in [0, 0.05) is 52.2 Å². The normalized spacial score (nSPS) is 24.8. The highest BCUT2D eigenvalue weighted by atomic mass is 19.3. The lowest BCUT2D eigenvalue weighted by Gasteiger charge is -2.31. The van der Waals surface area contributed by atoms with Gasteiger partial charge in [0.15, 0.2) is 18.1 Å². The number of halogens is 2. The Bertz CT molecular complexity index is 1690. The van der Waals surface area contributed by atoms with Crippen molar-refractivity contribution >= 4 is 23.1 Å². The van der Waals surface area contributed by atoms with Gasteiger partial charge in [0.1, 0.15) is 11.4 Å². The Kier molecular flexibility index (Phi) is 11.8. The zero-order valence-electron chi connectivity index (χ0n) is 30.1. The molecule has 3 aliphatic carbocycles. The van der Waals surface area contributed by atoms with E-state index in [-0.39, 0.29) is 29.7 Å². The average Bonchev–Trinajstić information content (AvgIpc) is 3.56. The van der Waals surface area contributed by atoms with Crippen LogP contribution in [0.25, 0.3) is 5.65 Å². The number of alkyl halides is 2. The Morgan fingerprint density at radius 3 is 2.71 bits per heavy atom. The highest BCUT2D eigenvalue weighted by molar-refractivity contribution is 6.08. The SMILES string of the molecule is CN(C[C@H]1CC[C@H](n2cc(NC(=O)c3cnn4ccc(N5CCNCC5)nc34)c(C(F)F)n2)CC1)OCOCCOCCOC1(C)CC=C2CC2C1. The van der Waals surface area contributed by atoms with Crippen molar-refractivity contribution < 1.29 is 32.6 Å². The van der Waals surface area contributed by atoms with E-state index < -0.39 is 18.0 Å². The topological polar surface area (TPSA) is 133 Å². The highest BCUT2D eigenvalue weighted by Gasteiger charge is 2.41. The monoisotopic (exact) mass is 727 g/mol. The van der Waals surface area contributed by atoms with Crippen LogP contribution in [-0.2, 0) is 19.0 Å². The Morgan fingerprint density at radius 2 is 1.92 bits per heavy atom. The molecule has 2 unspecified atom stereocenters. The van der Waals surface area contributed by atoms with Gasteiger partial charge in [-0.2, -0.15) is 15.3 Å². The smallest absolute Gasteiger partial charge is 0.284 e. The number of aromatic nitrogens is 5. The number of hydrogen-bond donors (Lipinski definition) is 2. The lowest BCUT2D eigenvalue weighted by atomic mass is 9.86. The first-order valence-corrected chi connectivity index (χ1v) is 18.6. The number of rotatable bonds is 17. The third-order valence-electron chi connectivity index (χ3n) is 10.7. The molecule has 1 amide bonds. The maximum Gasteiger partial charge on any atom is 0.284 e. The summed E-state index contributed by atoms with van der Waals surface area (Å²) >= 11 is 0. The summed E-state index contributed by atoms with van der Waals surface area (Å²) in [5.41, 5.74) is 1.66. The van der Waals surface area contributed by atoms with E-state index in [1.54, 1.807) is 21.5 Å². The van der Waals surface area contributed by atoms with E-state index in [1.807, 2.05) is 13.1 Å². The second-order valence-corrected chi connectivity index (χ2v) is 14.7. The first-order valence-electron chi connectivity index (χ1n) is 18.6. The van der Waals surface area contributed by atoms with Crippen LogP contribution >= 0.6 is 0 Å². The molecule has 3 aromatic heterocycles. The van der Waals surface area contributed by atoms with E-state index >= 15 is 0 Å². The maximum atomic E-state index is 14.1. The van der Waals surface area contributed by atoms with Crippen molar-refractivity contribution in [3.8, 4) is 0 Å². The summed E-state index contributed by atoms with van der Waals surface area (Å²) in [5, 5.41) is 16.3. The predicted molar refractivity (Wildman–Crippen MR) is 189 cm³/mol. The number of fused-ring (bicyclic) bond motifs is 2. The highest BCUT2D eigenvalue weighted by Crippen LogP contribution is 2.49. The summed E-state index contributed by atoms with van der Waals surface area (Å²) in [5.74, 6) is 1.31. The standard InChI is InChI=1S/C36H51F2N9O5/c1-36(9-7-26-19-27(26)20-36)51-18-17-49-15-16-50-24-52-44(2)22-25-3-5-28(6-4-25)47-23-30(32(43-47)33(37)38)41-35(48)29-21-40-46-12-8-31(42-34(29)46)45-13-10-39-11-14-45/h7-8,12,21,23,25,27-28,33,39H,3-6,9-11,13-20,22,24H2,1-2H3,(H,41,48)/t25-,27?,28-,36?. The molecule has 284 valence electrons. The van der Waals surface area contributed by atoms with Crippen LogP contribution in [0.1, 0.15) is 80.4 Å². The molecule has 3 fully saturated rings. The first kappa shape index (κ1) is 36.8. The second-order valence-electron chi connectivity index (χ2n) is 14.7. The van der Waals surface area contributed by atoms with Crippen molar-refractivity contribution in [3.63, 3.8) is 0 Å². The van der Waals surface area contributed by atoms with Gasteiger partial charge in [0.25, 0.3) is 12.3 Å². The molecule has 1 saturated heterocycles. The zero-order valence-corrected chi connectivity index (χ0v) is 30.1. The van der Waals surface area contributed by atoms with Crippen LogP contribution in [0.5, 0.6) is 0 Å². The Balaban J connectivity index is 0.815. The maximum absolute atomic E-state index is 14.1. The molecule has 0 bridgehead atoms. The molecule has 4 aliphatic rings. The van der Waals surface area contributed by atoms with E-state index in [9.17, 15) is 13.6 Å². The molecule has 2 N–H and O–H groups in total. The Morgan fingerprint density at radius 1 is 1.13 bits per heavy atom. The van der Waals surface area contributed by atoms with Gasteiger partial charge in [0.2, 0.25) is 0 Å². The van der Waals surface area contributed by atoms with Crippen LogP contribution in [0.15, 0.2) is 36.3 Å². The van der Waals surface area contributed by atoms with E-state index in [0.717, 1.165) is 83.0 Å². The van der Waals surface area contributed by atoms with Gasteiger partial charge < -0.3 is 29.7 Å². The number of carbonyl (C=O) groups is 1. The first-order chi connectivity index (χ1) is 25.2. The van der Waals surface area contributed by atoms with Crippen molar-refractivity contribution in [2.24, 2.45) is 11.8 Å². The fraction of sp³-hybridized carbons (Fsp3) is 0.667. The van der Waals surface area contributed by atoms with E-state index in [4.69, 9.17) is 19.0 Å². The van der Waals surface area contributed by atoms with Gasteiger partial charge in [0.05, 0.1) is 50.0 Å². The van der Waals surface area contributed by atoms with Crippen LogP contribution in [0.2, 0.25) is 0 Å². The summed E-state index contributed by atoms with van der Waals surface area (Å²) < 4.78 is 48.7. The number of piperazine rings is 1. The van der Waals surface area contributed by atoms with Gasteiger partial charge >= 0.3 is 0 Å². The van der Waals surface area contributed by atoms with Crippen LogP contribution in [0.3, 0.4) is 0 Å². The lowest BCUT2D eigenvalue weighted by molar-refractivity contribution is -0.219. The number of amides is 1. The predicted octanol–water partition coefficient (Wildman–Crippen LogP) is 4.63. The molecule has 1 aliphatic heterocycles. The molecule has 0 aromatic carbocycles. The summed E-state index contributed by atoms with van der Waals surface area (Å²) in [6.45, 7) is 8.37. The molecule has 52 heavy (non-hydrogen) atoms. The molecular formula is C36H51F2N9O5. The third kappa shape index (κ3) is 9.15. The summed E-state index contributed by atoms with van der Waals surface area (Å²) in [6, 6.07) is 1.81. The zero-order chi connectivity index (χ0) is 36.1. The molecule has 7 rings (SSSR count). The number of hydrogen-bond acceptors (Lipinski definition) is 11. The minimum Gasteiger partial charge on any atom is -0.377 e. The van der Waals surface area contributed by atoms with Crippen LogP contribution in [0.4, 0.5) is 20.3 Å². The molecule has 3 aromatic rings. The molecule has 2 atom stereocenters. The molecule has 0 spiro atoms. The molecule has 4 heterocycles.